The molecule has 0 bridgehead atoms. The maximum Gasteiger partial charge on any atom is 0.387 e. The van der Waals surface area contributed by atoms with Crippen molar-refractivity contribution in [1.82, 2.24) is 34.1 Å². The average Bonchev–Trinajstić information content (AvgIpc) is 3.73. The highest BCUT2D eigenvalue weighted by molar-refractivity contribution is 8.44. The van der Waals surface area contributed by atoms with Gasteiger partial charge in [0.05, 0.1) is 23.9 Å². The highest BCUT2D eigenvalue weighted by Crippen LogP contribution is 2.59. The Morgan fingerprint density at radius 2 is 1.93 bits per heavy atom. The molecule has 4 aromatic heterocycles. The third kappa shape index (κ3) is 5.92. The number of rotatable bonds is 10. The van der Waals surface area contributed by atoms with E-state index >= 15 is 8.78 Å². The van der Waals surface area contributed by atoms with E-state index in [2.05, 4.69) is 37.2 Å². The molecule has 6 rings (SSSR count). The van der Waals surface area contributed by atoms with Gasteiger partial charge in [-0.3, -0.25) is 28.0 Å². The van der Waals surface area contributed by atoms with Crippen LogP contribution in [0, 0.1) is 0 Å². The first-order chi connectivity index (χ1) is 21.4. The lowest BCUT2D eigenvalue weighted by Crippen LogP contribution is -2.31. The van der Waals surface area contributed by atoms with Gasteiger partial charge in [0.1, 0.15) is 36.1 Å². The van der Waals surface area contributed by atoms with Gasteiger partial charge in [-0.25, -0.2) is 32.9 Å². The van der Waals surface area contributed by atoms with Gasteiger partial charge >= 0.3 is 15.1 Å². The van der Waals surface area contributed by atoms with E-state index < -0.39 is 80.6 Å². The number of thiol groups is 1. The molecule has 7 N–H and O–H groups in total. The molecule has 45 heavy (non-hydrogen) atoms. The van der Waals surface area contributed by atoms with Gasteiger partial charge in [-0.1, -0.05) is 12.2 Å². The van der Waals surface area contributed by atoms with Crippen molar-refractivity contribution in [2.45, 2.75) is 35.3 Å². The standard InChI is InChI=1S/C21H23F2N9O9P2S2/c22-10-9(3-33)45-20(32-6-28-13-17(32)29-21(25)30-18(13)34)15(10)41-43(37,44)38-4-8-14(40-42(35)36)11(23)19(39-8)31-5-27-12-7(24)1-2-26-16(12)31/h1-2,5-6,9-11,15,19-20,33,42H,3-4H2,(H2,24,26)(H,35,36)(H,37,44)(H3,25,29,30,34)/t9-,10+,11+,15-,19-,20-,43?/m1/s1. The van der Waals surface area contributed by atoms with Gasteiger partial charge in [-0.2, -0.15) is 4.98 Å². The number of halogens is 2. The van der Waals surface area contributed by atoms with Crippen molar-refractivity contribution >= 4 is 73.0 Å². The summed E-state index contributed by atoms with van der Waals surface area (Å²) < 4.78 is 79.7. The quantitative estimate of drug-likeness (QED) is 0.101. The first kappa shape index (κ1) is 31.7. The summed E-state index contributed by atoms with van der Waals surface area (Å²) in [4.78, 5) is 40.2. The molecule has 0 radical (unpaired) electrons. The Labute approximate surface area is 259 Å². The molecule has 4 aromatic rings. The van der Waals surface area contributed by atoms with Gasteiger partial charge in [-0.15, -0.1) is 11.8 Å². The number of thioether (sulfide) groups is 1. The van der Waals surface area contributed by atoms with Crippen LogP contribution in [-0.4, -0.2) is 81.0 Å². The van der Waals surface area contributed by atoms with Gasteiger partial charge in [0, 0.05) is 6.20 Å². The molecule has 6 heterocycles. The smallest absolute Gasteiger partial charge is 0.387 e. The fourth-order valence-corrected chi connectivity index (χ4v) is 8.10. The summed E-state index contributed by atoms with van der Waals surface area (Å²) in [6, 6.07) is 1.48. The van der Waals surface area contributed by atoms with Crippen molar-refractivity contribution in [2.24, 2.45) is 0 Å². The molecule has 24 heteroatoms. The van der Waals surface area contributed by atoms with Crippen molar-refractivity contribution < 1.29 is 46.2 Å². The summed E-state index contributed by atoms with van der Waals surface area (Å²) in [7, 11) is -3.75. The molecule has 0 amide bonds. The normalized spacial score (nSPS) is 27.2. The molecular weight excluding hydrogens is 686 g/mol. The van der Waals surface area contributed by atoms with Crippen molar-refractivity contribution in [3.05, 3.63) is 46.8 Å². The minimum absolute atomic E-state index is 0.0307. The zero-order valence-corrected chi connectivity index (χ0v) is 25.9. The van der Waals surface area contributed by atoms with Gasteiger partial charge in [-0.05, 0) is 6.07 Å². The van der Waals surface area contributed by atoms with E-state index in [9.17, 15) is 23.9 Å². The Balaban J connectivity index is 1.24. The number of H-pyrrole nitrogens is 1. The Hall–Kier alpha value is -3.23. The molecule has 0 aliphatic carbocycles. The Kier molecular flexibility index (Phi) is 8.59. The van der Waals surface area contributed by atoms with Crippen molar-refractivity contribution in [1.29, 1.82) is 0 Å². The fourth-order valence-electron chi connectivity index (χ4n) is 4.83. The average molecular weight is 710 g/mol. The van der Waals surface area contributed by atoms with Crippen LogP contribution in [0.15, 0.2) is 41.2 Å². The summed E-state index contributed by atoms with van der Waals surface area (Å²) in [5.74, 6) is -1.46. The number of fused-ring (bicyclic) bond motifs is 2. The predicted octanol–water partition coefficient (Wildman–Crippen LogP) is 1.59. The first-order valence-corrected chi connectivity index (χ1v) is 17.6. The third-order valence-electron chi connectivity index (χ3n) is 6.78. The Morgan fingerprint density at radius 1 is 1.20 bits per heavy atom. The number of imidazole rings is 2. The van der Waals surface area contributed by atoms with Crippen LogP contribution in [0.3, 0.4) is 0 Å². The number of aromatic nitrogens is 7. The molecule has 242 valence electrons. The summed E-state index contributed by atoms with van der Waals surface area (Å²) in [5.41, 5.74) is 11.4. The number of aromatic amines is 1. The number of nitrogen functional groups attached to an aromatic ring is 2. The molecular formula is C21H23F2N9O9P2S2. The number of hydrogen-bond donors (Lipinski definition) is 6. The number of ether oxygens (including phenoxy) is 1. The number of alkyl halides is 2. The van der Waals surface area contributed by atoms with Crippen LogP contribution < -0.4 is 17.0 Å². The number of aliphatic hydroxyl groups is 1. The van der Waals surface area contributed by atoms with Gasteiger partial charge < -0.3 is 30.7 Å². The van der Waals surface area contributed by atoms with E-state index in [4.69, 9.17) is 29.8 Å². The van der Waals surface area contributed by atoms with Gasteiger partial charge in [0.15, 0.2) is 28.3 Å². The molecule has 2 aliphatic rings. The van der Waals surface area contributed by atoms with Crippen LogP contribution in [0.5, 0.6) is 0 Å². The Bertz CT molecular complexity index is 1940. The second kappa shape index (κ2) is 12.2. The summed E-state index contributed by atoms with van der Waals surface area (Å²) in [6.45, 7) is -6.05. The fraction of sp³-hybridized carbons (Fsp3) is 0.381. The monoisotopic (exact) mass is 709 g/mol. The van der Waals surface area contributed by atoms with Crippen molar-refractivity contribution in [2.75, 3.05) is 24.7 Å². The summed E-state index contributed by atoms with van der Waals surface area (Å²) >= 11 is 4.83. The molecule has 1 saturated heterocycles. The lowest BCUT2D eigenvalue weighted by molar-refractivity contribution is 0.0218. The molecule has 8 atom stereocenters. The van der Waals surface area contributed by atoms with E-state index in [0.29, 0.717) is 0 Å². The highest BCUT2D eigenvalue weighted by Gasteiger charge is 2.50. The second-order valence-corrected chi connectivity index (χ2v) is 14.5. The SMILES string of the molecule is Nc1nc2c(ncn2[C@@H]2S[C@H](CO)[C@H](F)[C@H]2OP(=O)(S)OCC2=C(O[PH](=O)O)[C@H](F)[C@H](n3cnc4c(N)ccnc43)O2)c(=O)[nH]1. The Morgan fingerprint density at radius 3 is 2.67 bits per heavy atom. The zero-order chi connectivity index (χ0) is 32.2. The lowest BCUT2D eigenvalue weighted by Gasteiger charge is -2.25. The van der Waals surface area contributed by atoms with Crippen LogP contribution in [-0.2, 0) is 27.4 Å². The van der Waals surface area contributed by atoms with E-state index in [1.807, 2.05) is 0 Å². The summed E-state index contributed by atoms with van der Waals surface area (Å²) in [5, 5.41) is 7.59. The number of hydrogen-bond acceptors (Lipinski definition) is 15. The minimum Gasteiger partial charge on any atom is -0.465 e. The molecule has 1 fully saturated rings. The van der Waals surface area contributed by atoms with Gasteiger partial charge in [0.25, 0.3) is 5.56 Å². The lowest BCUT2D eigenvalue weighted by atomic mass is 10.1. The number of nitrogens with two attached hydrogens (primary N) is 2. The molecule has 0 saturated carbocycles. The number of nitrogens with zero attached hydrogens (tertiary/aromatic N) is 6. The van der Waals surface area contributed by atoms with Crippen LogP contribution in [0.2, 0.25) is 0 Å². The number of aliphatic hydroxyl groups excluding tert-OH is 1. The topological polar surface area (TPSA) is 258 Å². The first-order valence-electron chi connectivity index (χ1n) is 12.7. The van der Waals surface area contributed by atoms with Gasteiger partial charge in [0.2, 0.25) is 18.3 Å². The van der Waals surface area contributed by atoms with E-state index in [1.54, 1.807) is 0 Å². The maximum absolute atomic E-state index is 15.6. The third-order valence-corrected chi connectivity index (χ3v) is 10.3. The highest BCUT2D eigenvalue weighted by atomic mass is 32.7. The largest absolute Gasteiger partial charge is 0.465 e. The number of anilines is 2. The van der Waals surface area contributed by atoms with Crippen LogP contribution in [0.4, 0.5) is 20.4 Å². The number of pyridine rings is 1. The molecule has 2 unspecified atom stereocenters. The van der Waals surface area contributed by atoms with E-state index in [0.717, 1.165) is 11.8 Å². The second-order valence-electron chi connectivity index (χ2n) is 9.57. The maximum atomic E-state index is 15.6. The molecule has 18 nitrogen and oxygen atoms in total. The van der Waals surface area contributed by atoms with E-state index in [1.165, 1.54) is 34.1 Å². The van der Waals surface area contributed by atoms with Crippen molar-refractivity contribution in [3.63, 3.8) is 0 Å². The predicted molar refractivity (Wildman–Crippen MR) is 159 cm³/mol. The van der Waals surface area contributed by atoms with Crippen LogP contribution >= 0.6 is 39.1 Å². The van der Waals surface area contributed by atoms with Crippen LogP contribution in [0.1, 0.15) is 11.6 Å². The van der Waals surface area contributed by atoms with Crippen molar-refractivity contribution in [3.8, 4) is 0 Å². The summed E-state index contributed by atoms with van der Waals surface area (Å²) in [6.07, 6.45) is -3.54. The molecule has 0 aromatic carbocycles. The molecule has 0 spiro atoms. The zero-order valence-electron chi connectivity index (χ0n) is 22.3. The van der Waals surface area contributed by atoms with Crippen LogP contribution in [0.25, 0.3) is 22.3 Å². The number of nitrogens with one attached hydrogen (secondary N) is 1. The van der Waals surface area contributed by atoms with E-state index in [-0.39, 0.29) is 34.0 Å². The molecule has 2 aliphatic heterocycles. The minimum atomic E-state index is -4.55.